The number of nitrogens with zero attached hydrogens (tertiary/aromatic N) is 2. The van der Waals surface area contributed by atoms with Crippen molar-refractivity contribution in [1.29, 1.82) is 0 Å². The quantitative estimate of drug-likeness (QED) is 0.317. The van der Waals surface area contributed by atoms with E-state index in [9.17, 15) is 0 Å². The molecule has 0 bridgehead atoms. The van der Waals surface area contributed by atoms with Gasteiger partial charge in [-0.3, -0.25) is 0 Å². The van der Waals surface area contributed by atoms with Crippen LogP contribution in [0.25, 0.3) is 42.7 Å². The lowest BCUT2D eigenvalue weighted by atomic mass is 10.00. The third-order valence-corrected chi connectivity index (χ3v) is 5.69. The lowest BCUT2D eigenvalue weighted by Gasteiger charge is -2.07. The van der Waals surface area contributed by atoms with Gasteiger partial charge < -0.3 is 0 Å². The fourth-order valence-corrected chi connectivity index (χ4v) is 4.58. The summed E-state index contributed by atoms with van der Waals surface area (Å²) in [6.45, 7) is 0. The van der Waals surface area contributed by atoms with Crippen LogP contribution >= 0.6 is 22.9 Å². The topological polar surface area (TPSA) is 25.8 Å². The Morgan fingerprint density at radius 1 is 0.692 bits per heavy atom. The summed E-state index contributed by atoms with van der Waals surface area (Å²) < 4.78 is 1.19. The minimum absolute atomic E-state index is 0.282. The molecule has 0 amide bonds. The first-order chi connectivity index (χ1) is 12.8. The molecule has 0 fully saturated rings. The Labute approximate surface area is 159 Å². The van der Waals surface area contributed by atoms with Gasteiger partial charge in [0.15, 0.2) is 0 Å². The molecule has 0 N–H and O–H groups in total. The van der Waals surface area contributed by atoms with E-state index in [0.717, 1.165) is 27.0 Å². The number of benzene rings is 3. The minimum Gasteiger partial charge on any atom is -0.217 e. The summed E-state index contributed by atoms with van der Waals surface area (Å²) in [6.07, 6.45) is 0. The predicted octanol–water partition coefficient (Wildman–Crippen LogP) is 6.83. The molecule has 0 saturated carbocycles. The Hall–Kier alpha value is -2.75. The van der Waals surface area contributed by atoms with Gasteiger partial charge in [0.25, 0.3) is 0 Å². The molecule has 2 heterocycles. The van der Waals surface area contributed by atoms with Gasteiger partial charge in [0, 0.05) is 21.0 Å². The first kappa shape index (κ1) is 15.5. The maximum atomic E-state index is 6.24. The van der Waals surface area contributed by atoms with Gasteiger partial charge in [-0.2, -0.15) is 0 Å². The zero-order valence-corrected chi connectivity index (χ0v) is 15.3. The normalized spacial score (nSPS) is 11.3. The third-order valence-electron chi connectivity index (χ3n) is 4.45. The van der Waals surface area contributed by atoms with Crippen molar-refractivity contribution in [2.75, 3.05) is 0 Å². The van der Waals surface area contributed by atoms with E-state index in [1.807, 2.05) is 30.3 Å². The van der Waals surface area contributed by atoms with E-state index in [0.29, 0.717) is 0 Å². The highest BCUT2D eigenvalue weighted by molar-refractivity contribution is 7.25. The van der Waals surface area contributed by atoms with Crippen LogP contribution in [0.5, 0.6) is 0 Å². The first-order valence-corrected chi connectivity index (χ1v) is 9.50. The maximum Gasteiger partial charge on any atom is 0.224 e. The smallest absolute Gasteiger partial charge is 0.217 e. The molecule has 2 aromatic heterocycles. The van der Waals surface area contributed by atoms with E-state index >= 15 is 0 Å². The van der Waals surface area contributed by atoms with Crippen LogP contribution in [0, 0.1) is 0 Å². The molecule has 5 aromatic rings. The molecule has 0 unspecified atom stereocenters. The molecule has 2 nitrogen and oxygen atoms in total. The zero-order chi connectivity index (χ0) is 17.5. The van der Waals surface area contributed by atoms with E-state index in [-0.39, 0.29) is 5.28 Å². The fourth-order valence-electron chi connectivity index (χ4n) is 3.28. The van der Waals surface area contributed by atoms with Crippen molar-refractivity contribution < 1.29 is 0 Å². The average molecular weight is 373 g/mol. The fraction of sp³-hybridized carbons (Fsp3) is 0. The number of hydrogen-bond donors (Lipinski definition) is 0. The Kier molecular flexibility index (Phi) is 3.70. The Bertz CT molecular complexity index is 1250. The van der Waals surface area contributed by atoms with Gasteiger partial charge in [-0.25, -0.2) is 9.97 Å². The van der Waals surface area contributed by atoms with E-state index in [2.05, 4.69) is 58.5 Å². The highest BCUT2D eigenvalue weighted by atomic mass is 35.5. The van der Waals surface area contributed by atoms with Crippen LogP contribution in [0.15, 0.2) is 78.9 Å². The summed E-state index contributed by atoms with van der Waals surface area (Å²) in [5.41, 5.74) is 4.27. The van der Waals surface area contributed by atoms with Gasteiger partial charge in [-0.15, -0.1) is 11.3 Å². The van der Waals surface area contributed by atoms with E-state index in [4.69, 9.17) is 11.6 Å². The van der Waals surface area contributed by atoms with E-state index < -0.39 is 0 Å². The molecule has 5 rings (SSSR count). The summed E-state index contributed by atoms with van der Waals surface area (Å²) in [4.78, 5) is 9.96. The zero-order valence-electron chi connectivity index (χ0n) is 13.7. The van der Waals surface area contributed by atoms with Gasteiger partial charge in [0.1, 0.15) is 4.83 Å². The molecule has 0 aliphatic carbocycles. The van der Waals surface area contributed by atoms with Crippen molar-refractivity contribution in [3.05, 3.63) is 84.1 Å². The summed E-state index contributed by atoms with van der Waals surface area (Å²) in [7, 11) is 0. The van der Waals surface area contributed by atoms with Crippen LogP contribution < -0.4 is 0 Å². The third kappa shape index (κ3) is 2.57. The second-order valence-corrected chi connectivity index (χ2v) is 7.44. The molecule has 0 aliphatic heterocycles. The van der Waals surface area contributed by atoms with Crippen molar-refractivity contribution in [3.63, 3.8) is 0 Å². The molecule has 26 heavy (non-hydrogen) atoms. The Morgan fingerprint density at radius 3 is 2.31 bits per heavy atom. The lowest BCUT2D eigenvalue weighted by Crippen LogP contribution is -1.89. The van der Waals surface area contributed by atoms with Crippen LogP contribution in [0.1, 0.15) is 0 Å². The largest absolute Gasteiger partial charge is 0.224 e. The van der Waals surface area contributed by atoms with Crippen LogP contribution in [-0.4, -0.2) is 9.97 Å². The van der Waals surface area contributed by atoms with Crippen LogP contribution in [0.3, 0.4) is 0 Å². The van der Waals surface area contributed by atoms with Crippen molar-refractivity contribution in [1.82, 2.24) is 9.97 Å². The minimum atomic E-state index is 0.282. The van der Waals surface area contributed by atoms with Crippen LogP contribution in [0.4, 0.5) is 0 Å². The van der Waals surface area contributed by atoms with E-state index in [1.54, 1.807) is 11.3 Å². The SMILES string of the molecule is Clc1nc(-c2cccc(-c3ccccc3)c2)c2c(n1)sc1ccccc12. The van der Waals surface area contributed by atoms with E-state index in [1.165, 1.54) is 15.6 Å². The summed E-state index contributed by atoms with van der Waals surface area (Å²) in [5, 5.41) is 2.52. The molecule has 0 aliphatic rings. The van der Waals surface area contributed by atoms with Crippen molar-refractivity contribution >= 4 is 43.2 Å². The number of halogens is 1. The molecule has 4 heteroatoms. The highest BCUT2D eigenvalue weighted by Crippen LogP contribution is 2.39. The van der Waals surface area contributed by atoms with Gasteiger partial charge in [0.2, 0.25) is 5.28 Å². The van der Waals surface area contributed by atoms with Gasteiger partial charge in [-0.1, -0.05) is 66.7 Å². The predicted molar refractivity (Wildman–Crippen MR) is 111 cm³/mol. The van der Waals surface area contributed by atoms with Crippen molar-refractivity contribution in [3.8, 4) is 22.4 Å². The van der Waals surface area contributed by atoms with Crippen LogP contribution in [0.2, 0.25) is 5.28 Å². The molecular formula is C22H13ClN2S. The summed E-state index contributed by atoms with van der Waals surface area (Å²) >= 11 is 7.89. The summed E-state index contributed by atoms with van der Waals surface area (Å²) in [6, 6.07) is 27.1. The Morgan fingerprint density at radius 2 is 1.42 bits per heavy atom. The number of aromatic nitrogens is 2. The maximum absolute atomic E-state index is 6.24. The number of fused-ring (bicyclic) bond motifs is 3. The molecule has 0 atom stereocenters. The Balaban J connectivity index is 1.79. The molecule has 0 spiro atoms. The average Bonchev–Trinajstić information content (AvgIpc) is 3.06. The molecule has 0 saturated heterocycles. The molecular weight excluding hydrogens is 360 g/mol. The second kappa shape index (κ2) is 6.20. The number of thiophene rings is 1. The molecule has 3 aromatic carbocycles. The lowest BCUT2D eigenvalue weighted by molar-refractivity contribution is 1.24. The van der Waals surface area contributed by atoms with Gasteiger partial charge in [0.05, 0.1) is 5.69 Å². The molecule has 124 valence electrons. The van der Waals surface area contributed by atoms with Crippen molar-refractivity contribution in [2.45, 2.75) is 0 Å². The molecule has 0 radical (unpaired) electrons. The van der Waals surface area contributed by atoms with Gasteiger partial charge >= 0.3 is 0 Å². The van der Waals surface area contributed by atoms with Gasteiger partial charge in [-0.05, 0) is 34.9 Å². The number of rotatable bonds is 2. The monoisotopic (exact) mass is 372 g/mol. The second-order valence-electron chi connectivity index (χ2n) is 6.07. The van der Waals surface area contributed by atoms with Crippen molar-refractivity contribution in [2.24, 2.45) is 0 Å². The summed E-state index contributed by atoms with van der Waals surface area (Å²) in [5.74, 6) is 0. The first-order valence-electron chi connectivity index (χ1n) is 8.30. The van der Waals surface area contributed by atoms with Crippen LogP contribution in [-0.2, 0) is 0 Å². The highest BCUT2D eigenvalue weighted by Gasteiger charge is 2.15. The number of hydrogen-bond acceptors (Lipinski definition) is 3. The standard InChI is InChI=1S/C22H13ClN2S/c23-22-24-20(19-17-11-4-5-12-18(17)26-21(19)25-22)16-10-6-9-15(13-16)14-7-2-1-3-8-14/h1-13H.